The number of carbonyl (C=O) groups is 1. The Kier molecular flexibility index (Phi) is 4.70. The minimum Gasteiger partial charge on any atom is -0.381 e. The quantitative estimate of drug-likeness (QED) is 0.797. The lowest BCUT2D eigenvalue weighted by Gasteiger charge is -2.43. The molecule has 4 nitrogen and oxygen atoms in total. The Bertz CT molecular complexity index is 380. The van der Waals surface area contributed by atoms with E-state index >= 15 is 0 Å². The molecule has 0 radical (unpaired) electrons. The molecule has 20 heavy (non-hydrogen) atoms. The molecule has 0 aromatic heterocycles. The Morgan fingerprint density at radius 1 is 1.15 bits per heavy atom. The van der Waals surface area contributed by atoms with Gasteiger partial charge in [0, 0.05) is 26.3 Å². The van der Waals surface area contributed by atoms with E-state index in [1.165, 1.54) is 12.8 Å². The Labute approximate surface area is 122 Å². The first-order valence-electron chi connectivity index (χ1n) is 7.90. The van der Waals surface area contributed by atoms with E-state index in [9.17, 15) is 10.1 Å². The van der Waals surface area contributed by atoms with E-state index < -0.39 is 5.41 Å². The van der Waals surface area contributed by atoms with Crippen molar-refractivity contribution >= 4 is 5.91 Å². The number of likely N-dealkylation sites (tertiary alicyclic amines) is 1. The van der Waals surface area contributed by atoms with Crippen molar-refractivity contribution in [3.05, 3.63) is 0 Å². The SMILES string of the molecule is CCC1(CC)CCN(C(=O)C2(C#N)CCOCC2)CC1. The number of ether oxygens (including phenoxy) is 1. The Hall–Kier alpha value is -1.08. The molecule has 4 heteroatoms. The summed E-state index contributed by atoms with van der Waals surface area (Å²) in [5.41, 5.74) is -0.414. The third-order valence-corrected chi connectivity index (χ3v) is 5.58. The fourth-order valence-electron chi connectivity index (χ4n) is 3.54. The van der Waals surface area contributed by atoms with Crippen molar-refractivity contribution in [3.8, 4) is 6.07 Å². The minimum atomic E-state index is -0.823. The van der Waals surface area contributed by atoms with Gasteiger partial charge in [0.15, 0.2) is 0 Å². The summed E-state index contributed by atoms with van der Waals surface area (Å²) in [7, 11) is 0. The largest absolute Gasteiger partial charge is 0.381 e. The van der Waals surface area contributed by atoms with Crippen LogP contribution < -0.4 is 0 Å². The highest BCUT2D eigenvalue weighted by Crippen LogP contribution is 2.40. The van der Waals surface area contributed by atoms with Gasteiger partial charge in [0.1, 0.15) is 5.41 Å². The second-order valence-electron chi connectivity index (χ2n) is 6.31. The second-order valence-corrected chi connectivity index (χ2v) is 6.31. The normalized spacial score (nSPS) is 24.9. The highest BCUT2D eigenvalue weighted by atomic mass is 16.5. The number of carbonyl (C=O) groups excluding carboxylic acids is 1. The molecule has 0 aliphatic carbocycles. The summed E-state index contributed by atoms with van der Waals surface area (Å²) in [5, 5.41) is 9.48. The van der Waals surface area contributed by atoms with Gasteiger partial charge in [-0.25, -0.2) is 0 Å². The molecule has 0 aromatic carbocycles. The maximum atomic E-state index is 12.7. The molecule has 112 valence electrons. The number of nitrogens with zero attached hydrogens (tertiary/aromatic N) is 2. The molecule has 2 saturated heterocycles. The highest BCUT2D eigenvalue weighted by Gasteiger charge is 2.44. The number of amides is 1. The maximum Gasteiger partial charge on any atom is 0.243 e. The molecule has 0 unspecified atom stereocenters. The summed E-state index contributed by atoms with van der Waals surface area (Å²) in [6, 6.07) is 2.29. The number of rotatable bonds is 3. The van der Waals surface area contributed by atoms with E-state index in [1.54, 1.807) is 0 Å². The molecule has 2 rings (SSSR count). The molecular formula is C16H26N2O2. The third-order valence-electron chi connectivity index (χ3n) is 5.58. The Morgan fingerprint density at radius 3 is 2.15 bits per heavy atom. The van der Waals surface area contributed by atoms with Gasteiger partial charge in [-0.15, -0.1) is 0 Å². The number of hydrogen-bond acceptors (Lipinski definition) is 3. The van der Waals surface area contributed by atoms with Crippen LogP contribution in [0.25, 0.3) is 0 Å². The van der Waals surface area contributed by atoms with Crippen LogP contribution in [0.1, 0.15) is 52.4 Å². The lowest BCUT2D eigenvalue weighted by atomic mass is 9.73. The number of piperidine rings is 1. The molecule has 2 aliphatic heterocycles. The minimum absolute atomic E-state index is 0.0455. The molecule has 1 amide bonds. The Morgan fingerprint density at radius 2 is 1.70 bits per heavy atom. The third kappa shape index (κ3) is 2.69. The molecule has 2 fully saturated rings. The first kappa shape index (κ1) is 15.3. The first-order chi connectivity index (χ1) is 9.61. The van der Waals surface area contributed by atoms with Gasteiger partial charge in [0.05, 0.1) is 6.07 Å². The average Bonchev–Trinajstić information content (AvgIpc) is 2.55. The number of nitriles is 1. The van der Waals surface area contributed by atoms with Gasteiger partial charge in [-0.3, -0.25) is 4.79 Å². The average molecular weight is 278 g/mol. The van der Waals surface area contributed by atoms with Crippen LogP contribution >= 0.6 is 0 Å². The van der Waals surface area contributed by atoms with Crippen LogP contribution in [0.2, 0.25) is 0 Å². The predicted octanol–water partition coefficient (Wildman–Crippen LogP) is 2.74. The van der Waals surface area contributed by atoms with E-state index in [1.807, 2.05) is 4.90 Å². The zero-order valence-corrected chi connectivity index (χ0v) is 12.8. The van der Waals surface area contributed by atoms with Gasteiger partial charge < -0.3 is 9.64 Å². The van der Waals surface area contributed by atoms with Gasteiger partial charge >= 0.3 is 0 Å². The molecule has 2 heterocycles. The van der Waals surface area contributed by atoms with E-state index in [-0.39, 0.29) is 5.91 Å². The van der Waals surface area contributed by atoms with Crippen molar-refractivity contribution in [2.75, 3.05) is 26.3 Å². The van der Waals surface area contributed by atoms with Gasteiger partial charge in [-0.05, 0) is 31.1 Å². The fraction of sp³-hybridized carbons (Fsp3) is 0.875. The summed E-state index contributed by atoms with van der Waals surface area (Å²) in [5.74, 6) is 0.0455. The standard InChI is InChI=1S/C16H26N2O2/c1-3-15(4-2)5-9-18(10-6-15)14(19)16(13-17)7-11-20-12-8-16/h3-12H2,1-2H3. The monoisotopic (exact) mass is 278 g/mol. The van der Waals surface area contributed by atoms with E-state index in [0.29, 0.717) is 31.5 Å². The highest BCUT2D eigenvalue weighted by molar-refractivity contribution is 5.85. The molecule has 0 spiro atoms. The van der Waals surface area contributed by atoms with Gasteiger partial charge in [-0.1, -0.05) is 26.7 Å². The fourth-order valence-corrected chi connectivity index (χ4v) is 3.54. The van der Waals surface area contributed by atoms with Crippen LogP contribution in [0.4, 0.5) is 0 Å². The van der Waals surface area contributed by atoms with Crippen LogP contribution in [-0.2, 0) is 9.53 Å². The van der Waals surface area contributed by atoms with E-state index in [0.717, 1.165) is 25.9 Å². The van der Waals surface area contributed by atoms with Crippen LogP contribution in [0.15, 0.2) is 0 Å². The second kappa shape index (κ2) is 6.13. The van der Waals surface area contributed by atoms with E-state index in [4.69, 9.17) is 4.74 Å². The lowest BCUT2D eigenvalue weighted by Crippen LogP contribution is -2.50. The van der Waals surface area contributed by atoms with Crippen molar-refractivity contribution in [3.63, 3.8) is 0 Å². The summed E-state index contributed by atoms with van der Waals surface area (Å²) in [6.07, 6.45) is 5.61. The summed E-state index contributed by atoms with van der Waals surface area (Å²) >= 11 is 0. The van der Waals surface area contributed by atoms with Crippen LogP contribution in [0, 0.1) is 22.2 Å². The van der Waals surface area contributed by atoms with Crippen LogP contribution in [-0.4, -0.2) is 37.1 Å². The summed E-state index contributed by atoms with van der Waals surface area (Å²) in [4.78, 5) is 14.7. The molecule has 2 aliphatic rings. The van der Waals surface area contributed by atoms with Gasteiger partial charge in [0.2, 0.25) is 5.91 Å². The van der Waals surface area contributed by atoms with Crippen molar-refractivity contribution < 1.29 is 9.53 Å². The predicted molar refractivity (Wildman–Crippen MR) is 76.9 cm³/mol. The van der Waals surface area contributed by atoms with Crippen LogP contribution in [0.3, 0.4) is 0 Å². The van der Waals surface area contributed by atoms with Crippen LogP contribution in [0.5, 0.6) is 0 Å². The molecule has 0 N–H and O–H groups in total. The molecule has 0 atom stereocenters. The van der Waals surface area contributed by atoms with Crippen molar-refractivity contribution in [1.29, 1.82) is 5.26 Å². The Balaban J connectivity index is 2.03. The van der Waals surface area contributed by atoms with Gasteiger partial charge in [0.25, 0.3) is 0 Å². The van der Waals surface area contributed by atoms with Crippen molar-refractivity contribution in [2.24, 2.45) is 10.8 Å². The maximum absolute atomic E-state index is 12.7. The van der Waals surface area contributed by atoms with Gasteiger partial charge in [-0.2, -0.15) is 5.26 Å². The smallest absolute Gasteiger partial charge is 0.243 e. The van der Waals surface area contributed by atoms with E-state index in [2.05, 4.69) is 19.9 Å². The molecule has 0 saturated carbocycles. The summed E-state index contributed by atoms with van der Waals surface area (Å²) in [6.45, 7) is 7.17. The molecular weight excluding hydrogens is 252 g/mol. The molecule has 0 aromatic rings. The first-order valence-corrected chi connectivity index (χ1v) is 7.90. The lowest BCUT2D eigenvalue weighted by molar-refractivity contribution is -0.146. The van der Waals surface area contributed by atoms with Crippen molar-refractivity contribution in [1.82, 2.24) is 4.90 Å². The zero-order valence-electron chi connectivity index (χ0n) is 12.8. The topological polar surface area (TPSA) is 53.3 Å². The zero-order chi connectivity index (χ0) is 14.6. The number of hydrogen-bond donors (Lipinski definition) is 0. The summed E-state index contributed by atoms with van der Waals surface area (Å²) < 4.78 is 5.31. The molecule has 0 bridgehead atoms. The van der Waals surface area contributed by atoms with Crippen molar-refractivity contribution in [2.45, 2.75) is 52.4 Å².